The maximum absolute atomic E-state index is 14.3. The predicted molar refractivity (Wildman–Crippen MR) is 166 cm³/mol. The van der Waals surface area contributed by atoms with Crippen LogP contribution in [0.3, 0.4) is 0 Å². The molecule has 1 fully saturated rings. The van der Waals surface area contributed by atoms with Crippen LogP contribution in [0.5, 0.6) is 5.75 Å². The largest absolute Gasteiger partial charge is 0.494 e. The average Bonchev–Trinajstić information content (AvgIpc) is 3.46. The lowest BCUT2D eigenvalue weighted by atomic mass is 9.85. The molecule has 232 valence electrons. The number of para-hydroxylation sites is 1. The second-order valence-corrected chi connectivity index (χ2v) is 11.4. The van der Waals surface area contributed by atoms with Crippen molar-refractivity contribution in [3.05, 3.63) is 48.5 Å². The third-order valence-corrected chi connectivity index (χ3v) is 7.41. The normalized spacial score (nSPS) is 16.2. The molecule has 1 unspecified atom stereocenters. The van der Waals surface area contributed by atoms with Crippen LogP contribution in [0.25, 0.3) is 10.9 Å². The number of nitrogens with zero attached hydrogens (tertiary/aromatic N) is 3. The first-order valence-corrected chi connectivity index (χ1v) is 13.9. The molecule has 4 N–H and O–H groups in total. The maximum Gasteiger partial charge on any atom is 0.247 e. The first-order chi connectivity index (χ1) is 19.9. The van der Waals surface area contributed by atoms with Crippen LogP contribution in [0.1, 0.15) is 40.5 Å². The van der Waals surface area contributed by atoms with Crippen LogP contribution >= 0.6 is 12.4 Å². The smallest absolute Gasteiger partial charge is 0.247 e. The highest BCUT2D eigenvalue weighted by molar-refractivity contribution is 6.03. The molecule has 3 aromatic rings. The van der Waals surface area contributed by atoms with E-state index in [0.717, 1.165) is 0 Å². The van der Waals surface area contributed by atoms with E-state index in [-0.39, 0.29) is 35.8 Å². The van der Waals surface area contributed by atoms with Gasteiger partial charge in [0.05, 0.1) is 30.0 Å². The zero-order valence-electron chi connectivity index (χ0n) is 25.2. The van der Waals surface area contributed by atoms with Gasteiger partial charge in [-0.15, -0.1) is 12.4 Å². The fraction of sp³-hybridized carbons (Fsp3) is 0.433. The molecular weight excluding hydrogens is 577 g/mol. The average molecular weight is 616 g/mol. The molecule has 0 aliphatic carbocycles. The number of anilines is 3. The van der Waals surface area contributed by atoms with Crippen molar-refractivity contribution in [3.8, 4) is 5.75 Å². The van der Waals surface area contributed by atoms with E-state index in [0.29, 0.717) is 47.5 Å². The Morgan fingerprint density at radius 3 is 2.49 bits per heavy atom. The molecule has 1 aliphatic rings. The van der Waals surface area contributed by atoms with E-state index in [9.17, 15) is 18.8 Å². The zero-order valence-corrected chi connectivity index (χ0v) is 26.0. The van der Waals surface area contributed by atoms with E-state index in [1.807, 2.05) is 20.8 Å². The number of rotatable bonds is 9. The lowest BCUT2D eigenvalue weighted by Gasteiger charge is -2.36. The van der Waals surface area contributed by atoms with Crippen molar-refractivity contribution in [1.29, 1.82) is 0 Å². The monoisotopic (exact) mass is 615 g/mol. The van der Waals surface area contributed by atoms with Crippen LogP contribution in [-0.2, 0) is 14.4 Å². The molecule has 0 bridgehead atoms. The molecule has 3 atom stereocenters. The standard InChI is InChI=1S/C30H38FN7O4.ClH/c1-17(32-5)27(39)37-25(30(2,3)4)29(41)38-13-9-12-23(38)28(40)36-22-14-18-21(15-24(22)42-6)33-16-34-26(18)35-20-11-8-7-10-19(20)31;/h7-8,10-11,14-17,23,25,32H,9,12-13H2,1-6H3,(H,36,40)(H,37,39)(H,33,34,35);1H/t17-,23?,25+;/m0./s1. The molecule has 0 spiro atoms. The number of likely N-dealkylation sites (tertiary alicyclic amines) is 1. The van der Waals surface area contributed by atoms with Crippen LogP contribution in [0.4, 0.5) is 21.6 Å². The summed E-state index contributed by atoms with van der Waals surface area (Å²) in [4.78, 5) is 50.2. The van der Waals surface area contributed by atoms with Crippen molar-refractivity contribution in [3.63, 3.8) is 0 Å². The third-order valence-electron chi connectivity index (χ3n) is 7.41. The molecule has 13 heteroatoms. The summed E-state index contributed by atoms with van der Waals surface area (Å²) in [5, 5.41) is 12.2. The number of ether oxygens (including phenoxy) is 1. The maximum atomic E-state index is 14.3. The van der Waals surface area contributed by atoms with Gasteiger partial charge in [-0.2, -0.15) is 0 Å². The Hall–Kier alpha value is -4.03. The van der Waals surface area contributed by atoms with Crippen LogP contribution in [0, 0.1) is 11.2 Å². The van der Waals surface area contributed by atoms with Gasteiger partial charge in [0.1, 0.15) is 35.8 Å². The van der Waals surface area contributed by atoms with Gasteiger partial charge in [-0.05, 0) is 50.4 Å². The molecule has 2 aromatic carbocycles. The number of aromatic nitrogens is 2. The zero-order chi connectivity index (χ0) is 30.6. The number of carbonyl (C=O) groups is 3. The number of fused-ring (bicyclic) bond motifs is 1. The topological polar surface area (TPSA) is 138 Å². The SMILES string of the molecule is CN[C@@H](C)C(=O)N[C@H](C(=O)N1CCCC1C(=O)Nc1cc2c(Nc3ccccc3F)ncnc2cc1OC)C(C)(C)C.Cl. The van der Waals surface area contributed by atoms with Gasteiger partial charge >= 0.3 is 0 Å². The molecule has 0 radical (unpaired) electrons. The Morgan fingerprint density at radius 1 is 1.12 bits per heavy atom. The highest BCUT2D eigenvalue weighted by atomic mass is 35.5. The van der Waals surface area contributed by atoms with E-state index in [4.69, 9.17) is 4.74 Å². The lowest BCUT2D eigenvalue weighted by Crippen LogP contribution is -2.59. The van der Waals surface area contributed by atoms with Gasteiger partial charge in [0.2, 0.25) is 17.7 Å². The minimum atomic E-state index is -0.825. The molecule has 2 heterocycles. The van der Waals surface area contributed by atoms with E-state index in [1.165, 1.54) is 24.4 Å². The first kappa shape index (κ1) is 33.5. The summed E-state index contributed by atoms with van der Waals surface area (Å²) >= 11 is 0. The number of amides is 3. The van der Waals surface area contributed by atoms with Gasteiger partial charge in [-0.25, -0.2) is 14.4 Å². The lowest BCUT2D eigenvalue weighted by molar-refractivity contribution is -0.143. The summed E-state index contributed by atoms with van der Waals surface area (Å²) in [5.41, 5.74) is 0.524. The van der Waals surface area contributed by atoms with E-state index >= 15 is 0 Å². The first-order valence-electron chi connectivity index (χ1n) is 13.9. The molecule has 1 saturated heterocycles. The number of hydrogen-bond donors (Lipinski definition) is 4. The third kappa shape index (κ3) is 7.49. The van der Waals surface area contributed by atoms with E-state index in [2.05, 4.69) is 31.2 Å². The van der Waals surface area contributed by atoms with Crippen LogP contribution in [0.15, 0.2) is 42.7 Å². The molecule has 11 nitrogen and oxygen atoms in total. The van der Waals surface area contributed by atoms with Crippen LogP contribution < -0.4 is 26.0 Å². The Morgan fingerprint density at radius 2 is 1.84 bits per heavy atom. The van der Waals surface area contributed by atoms with Gasteiger partial charge in [-0.3, -0.25) is 14.4 Å². The Balaban J connectivity index is 0.00000506. The van der Waals surface area contributed by atoms with Gasteiger partial charge in [-0.1, -0.05) is 32.9 Å². The number of carbonyl (C=O) groups excluding carboxylic acids is 3. The van der Waals surface area contributed by atoms with Crippen LogP contribution in [-0.4, -0.2) is 71.4 Å². The summed E-state index contributed by atoms with van der Waals surface area (Å²) in [6, 6.07) is 7.49. The van der Waals surface area contributed by atoms with Crippen molar-refractivity contribution in [2.45, 2.75) is 58.7 Å². The highest BCUT2D eigenvalue weighted by Gasteiger charge is 2.42. The second-order valence-electron chi connectivity index (χ2n) is 11.4. The predicted octanol–water partition coefficient (Wildman–Crippen LogP) is 4.01. The highest BCUT2D eigenvalue weighted by Crippen LogP contribution is 2.34. The number of benzene rings is 2. The quantitative estimate of drug-likeness (QED) is 0.283. The van der Waals surface area contributed by atoms with Gasteiger partial charge < -0.3 is 30.9 Å². The van der Waals surface area contributed by atoms with Crippen molar-refractivity contribution in [2.75, 3.05) is 31.3 Å². The summed E-state index contributed by atoms with van der Waals surface area (Å²) in [7, 11) is 3.15. The summed E-state index contributed by atoms with van der Waals surface area (Å²) in [6.45, 7) is 7.73. The van der Waals surface area contributed by atoms with E-state index in [1.54, 1.807) is 44.3 Å². The molecule has 43 heavy (non-hydrogen) atoms. The fourth-order valence-corrected chi connectivity index (χ4v) is 4.87. The molecule has 1 aromatic heterocycles. The van der Waals surface area contributed by atoms with Gasteiger partial charge in [0.15, 0.2) is 0 Å². The Bertz CT molecular complexity index is 1480. The summed E-state index contributed by atoms with van der Waals surface area (Å²) in [6.07, 6.45) is 2.46. The molecule has 0 saturated carbocycles. The number of likely N-dealkylation sites (N-methyl/N-ethyl adjacent to an activating group) is 1. The number of nitrogens with one attached hydrogen (secondary N) is 4. The second kappa shape index (κ2) is 14.0. The summed E-state index contributed by atoms with van der Waals surface area (Å²) < 4.78 is 19.9. The molecule has 1 aliphatic heterocycles. The van der Waals surface area contributed by atoms with Crippen molar-refractivity contribution >= 4 is 58.2 Å². The molecular formula is C30H39ClFN7O4. The van der Waals surface area contributed by atoms with Gasteiger partial charge in [0.25, 0.3) is 0 Å². The number of methoxy groups -OCH3 is 1. The minimum absolute atomic E-state index is 0. The number of hydrogen-bond acceptors (Lipinski definition) is 8. The molecule has 3 amide bonds. The van der Waals surface area contributed by atoms with Gasteiger partial charge in [0, 0.05) is 18.0 Å². The van der Waals surface area contributed by atoms with E-state index < -0.39 is 29.4 Å². The Labute approximate surface area is 256 Å². The van der Waals surface area contributed by atoms with Crippen molar-refractivity contribution in [2.24, 2.45) is 5.41 Å². The molecule has 4 rings (SSSR count). The summed E-state index contributed by atoms with van der Waals surface area (Å²) in [5.74, 6) is -0.728. The fourth-order valence-electron chi connectivity index (χ4n) is 4.87. The van der Waals surface area contributed by atoms with Crippen molar-refractivity contribution < 1.29 is 23.5 Å². The minimum Gasteiger partial charge on any atom is -0.494 e. The Kier molecular flexibility index (Phi) is 10.9. The number of halogens is 2. The van der Waals surface area contributed by atoms with Crippen molar-refractivity contribution in [1.82, 2.24) is 25.5 Å². The van der Waals surface area contributed by atoms with Crippen LogP contribution in [0.2, 0.25) is 0 Å².